The molecule has 0 bridgehead atoms. The quantitative estimate of drug-likeness (QED) is 0.105. The Balaban J connectivity index is 0.000000145. The van der Waals surface area contributed by atoms with E-state index in [0.29, 0.717) is 11.8 Å². The van der Waals surface area contributed by atoms with Gasteiger partial charge in [0.2, 0.25) is 0 Å². The zero-order valence-electron chi connectivity index (χ0n) is 34.7. The minimum atomic E-state index is -0.826. The van der Waals surface area contributed by atoms with Gasteiger partial charge >= 0.3 is 37.9 Å². The van der Waals surface area contributed by atoms with Crippen molar-refractivity contribution < 1.29 is 20.8 Å². The molecule has 0 fully saturated rings. The smallest absolute Gasteiger partial charge is 0.0920 e. The Labute approximate surface area is 368 Å². The Morgan fingerprint density at radius 1 is 0.569 bits per heavy atom. The second-order valence-corrected chi connectivity index (χ2v) is 20.5. The van der Waals surface area contributed by atoms with Crippen molar-refractivity contribution in [3.63, 3.8) is 0 Å². The fourth-order valence-electron chi connectivity index (χ4n) is 7.94. The molecule has 1 aliphatic rings. The van der Waals surface area contributed by atoms with E-state index in [-0.39, 0.29) is 0 Å². The van der Waals surface area contributed by atoms with Gasteiger partial charge in [0.15, 0.2) is 0 Å². The number of rotatable bonds is 8. The van der Waals surface area contributed by atoms with Crippen molar-refractivity contribution in [2.24, 2.45) is 0 Å². The van der Waals surface area contributed by atoms with Crippen LogP contribution in [-0.4, -0.2) is 9.52 Å². The van der Waals surface area contributed by atoms with Crippen LogP contribution in [0.4, 0.5) is 0 Å². The molecule has 0 aromatic heterocycles. The largest absolute Gasteiger partial charge is 0.184 e. The Bertz CT molecular complexity index is 2330. The SMILES string of the molecule is CCCc1ccc2[cH-]c(C(C)C)cc2c1-c1ccccc1.CCCc1ccc2[cH-]c(C(C)C)cc2c1-c1ccccc1.[Cl][Zr][Cl].[c-]1cccc2c1[Si]c1ccccc1-2. The van der Waals surface area contributed by atoms with E-state index in [0.717, 1.165) is 22.4 Å². The average molecular weight is 892 g/mol. The molecule has 0 nitrogen and oxygen atoms in total. The van der Waals surface area contributed by atoms with E-state index in [1.807, 2.05) is 6.07 Å². The zero-order chi connectivity index (χ0) is 41.0. The van der Waals surface area contributed by atoms with Crippen molar-refractivity contribution in [1.82, 2.24) is 0 Å². The monoisotopic (exact) mass is 889 g/mol. The molecule has 0 atom stereocenters. The van der Waals surface area contributed by atoms with Crippen LogP contribution in [0.2, 0.25) is 0 Å². The van der Waals surface area contributed by atoms with Gasteiger partial charge in [-0.25, -0.2) is 0 Å². The van der Waals surface area contributed by atoms with E-state index >= 15 is 0 Å². The van der Waals surface area contributed by atoms with Crippen LogP contribution in [0.25, 0.3) is 54.9 Å². The second kappa shape index (κ2) is 21.5. The van der Waals surface area contributed by atoms with Crippen LogP contribution in [0.5, 0.6) is 0 Å². The third kappa shape index (κ3) is 10.5. The van der Waals surface area contributed by atoms with Gasteiger partial charge < -0.3 is 0 Å². The molecule has 4 heteroatoms. The van der Waals surface area contributed by atoms with Crippen LogP contribution in [0.1, 0.15) is 88.5 Å². The van der Waals surface area contributed by atoms with E-state index in [1.54, 1.807) is 0 Å². The fourth-order valence-corrected chi connectivity index (χ4v) is 9.25. The van der Waals surface area contributed by atoms with Crippen molar-refractivity contribution >= 4 is 58.5 Å². The molecule has 0 aliphatic carbocycles. The minimum absolute atomic E-state index is 0.579. The van der Waals surface area contributed by atoms with E-state index in [1.165, 1.54) is 100 Å². The van der Waals surface area contributed by atoms with E-state index in [2.05, 4.69) is 193 Å². The van der Waals surface area contributed by atoms with Gasteiger partial charge in [-0.3, -0.25) is 0 Å². The van der Waals surface area contributed by atoms with Gasteiger partial charge in [-0.15, -0.1) is 74.6 Å². The first-order valence-corrected chi connectivity index (χ1v) is 28.0. The second-order valence-electron chi connectivity index (χ2n) is 15.5. The minimum Gasteiger partial charge on any atom is -0.184 e. The van der Waals surface area contributed by atoms with Crippen LogP contribution in [0, 0.1) is 6.07 Å². The summed E-state index contributed by atoms with van der Waals surface area (Å²) < 4.78 is 0. The molecule has 8 aromatic carbocycles. The topological polar surface area (TPSA) is 0 Å². The van der Waals surface area contributed by atoms with Gasteiger partial charge in [-0.2, -0.15) is 41.6 Å². The van der Waals surface area contributed by atoms with Crippen LogP contribution >= 0.6 is 17.0 Å². The van der Waals surface area contributed by atoms with Gasteiger partial charge in [0.1, 0.15) is 0 Å². The van der Waals surface area contributed by atoms with Crippen molar-refractivity contribution in [3.05, 3.63) is 180 Å². The maximum atomic E-state index is 4.93. The average Bonchev–Trinajstić information content (AvgIpc) is 3.98. The Kier molecular flexibility index (Phi) is 16.2. The maximum absolute atomic E-state index is 4.93. The van der Waals surface area contributed by atoms with Crippen LogP contribution in [-0.2, 0) is 33.7 Å². The summed E-state index contributed by atoms with van der Waals surface area (Å²) in [4.78, 5) is 0. The van der Waals surface area contributed by atoms with Crippen molar-refractivity contribution in [3.8, 4) is 33.4 Å². The van der Waals surface area contributed by atoms with Gasteiger partial charge in [0, 0.05) is 0 Å². The number of aryl methyl sites for hydroxylation is 2. The molecule has 294 valence electrons. The molecule has 1 heterocycles. The third-order valence-corrected chi connectivity index (χ3v) is 12.2. The molecule has 0 unspecified atom stereocenters. The molecule has 8 aromatic rings. The molecule has 0 spiro atoms. The molecule has 0 amide bonds. The molecule has 58 heavy (non-hydrogen) atoms. The summed E-state index contributed by atoms with van der Waals surface area (Å²) in [5.74, 6) is 1.16. The number of hydrogen-bond donors (Lipinski definition) is 0. The fraction of sp³-hybridized carbons (Fsp3) is 0.222. The van der Waals surface area contributed by atoms with Crippen LogP contribution in [0.15, 0.2) is 152 Å². The summed E-state index contributed by atoms with van der Waals surface area (Å²) in [5, 5.41) is 8.39. The summed E-state index contributed by atoms with van der Waals surface area (Å²) in [5.41, 5.74) is 14.1. The van der Waals surface area contributed by atoms with Gasteiger partial charge in [0.05, 0.1) is 9.52 Å². The Hall–Kier alpha value is -3.78. The first-order valence-electron chi connectivity index (χ1n) is 20.7. The zero-order valence-corrected chi connectivity index (χ0v) is 39.6. The first-order chi connectivity index (χ1) is 28.3. The van der Waals surface area contributed by atoms with Crippen molar-refractivity contribution in [2.45, 2.75) is 79.1 Å². The van der Waals surface area contributed by atoms with Gasteiger partial charge in [0.25, 0.3) is 0 Å². The molecule has 2 radical (unpaired) electrons. The van der Waals surface area contributed by atoms with Crippen molar-refractivity contribution in [2.75, 3.05) is 0 Å². The number of hydrogen-bond acceptors (Lipinski definition) is 0. The maximum Gasteiger partial charge on any atom is 0.0920 e. The summed E-state index contributed by atoms with van der Waals surface area (Å²) >= 11 is -0.826. The third-order valence-electron chi connectivity index (χ3n) is 10.8. The predicted molar refractivity (Wildman–Crippen MR) is 254 cm³/mol. The van der Waals surface area contributed by atoms with E-state index in [9.17, 15) is 0 Å². The summed E-state index contributed by atoms with van der Waals surface area (Å²) in [6, 6.07) is 58.5. The first kappa shape index (κ1) is 43.8. The van der Waals surface area contributed by atoms with E-state index < -0.39 is 20.8 Å². The van der Waals surface area contributed by atoms with E-state index in [4.69, 9.17) is 17.0 Å². The predicted octanol–water partition coefficient (Wildman–Crippen LogP) is 15.1. The molecule has 9 rings (SSSR count). The van der Waals surface area contributed by atoms with Crippen LogP contribution < -0.4 is 10.4 Å². The van der Waals surface area contributed by atoms with Gasteiger partial charge in [-0.1, -0.05) is 172 Å². The number of fused-ring (bicyclic) bond motifs is 5. The number of benzene rings is 6. The normalized spacial score (nSPS) is 11.3. The molecular formula is C54H53Cl2SiZr-3. The molecule has 0 saturated carbocycles. The molecule has 0 N–H and O–H groups in total. The molecular weight excluding hydrogens is 839 g/mol. The molecule has 0 saturated heterocycles. The van der Waals surface area contributed by atoms with Crippen molar-refractivity contribution in [1.29, 1.82) is 0 Å². The van der Waals surface area contributed by atoms with Crippen LogP contribution in [0.3, 0.4) is 0 Å². The molecule has 1 aliphatic heterocycles. The summed E-state index contributed by atoms with van der Waals surface area (Å²) in [6.07, 6.45) is 4.65. The Morgan fingerprint density at radius 2 is 1.02 bits per heavy atom. The summed E-state index contributed by atoms with van der Waals surface area (Å²) in [7, 11) is 10.7. The summed E-state index contributed by atoms with van der Waals surface area (Å²) in [6.45, 7) is 13.6. The standard InChI is InChI=1S/2C21H23.C12H7Si.2ClH.Zr/c2*1-4-8-16-11-12-18-13-19(15(2)3)14-20(18)21(16)17-9-6-5-7-10-17;1-3-7-11-9(5-1)10-6-2-4-8-12(10)13-11;;;/h2*5-7,9-15H,4,8H2,1-3H3;1-7H;2*1H;/q3*-1;;;+2/p-2. The number of halogens is 2. The van der Waals surface area contributed by atoms with Gasteiger partial charge in [-0.05, 0) is 35.8 Å². The Morgan fingerprint density at radius 3 is 1.48 bits per heavy atom.